The number of urea groups is 3. The standard InChI is InChI=1S/2C22H23F6N5O4.C21H22ClF4N5O4/c2*1-11-5-17-14(8-32(11)21(35)29-12-3-4-16(23)15(6-12)22(26,27)28)19-20(34)31(2)37-13(7-33(19)30-17)9-36-10-18(24)25;1-10-3-16-12(7-30(10)21(33)27-17-4-13(22)14(23)5-15(17)24)19-20(32)29(2)35-11(6-31(19)28-16)8-34-9-18(25)26/h2*3-4,6,11,13,18H,5,7-10H2,1-2H3,(H,29,35);4-5,10-11,18H,3,6-9H2,1-2H3,(H,27,33)/t11-,13+;11-,13-;10-,11+/m111/s1. The fourth-order valence-electron chi connectivity index (χ4n) is 12.6. The lowest BCUT2D eigenvalue weighted by Gasteiger charge is -2.33. The van der Waals surface area contributed by atoms with Crippen molar-refractivity contribution in [2.75, 3.05) is 76.7 Å². The molecule has 0 saturated heterocycles. The SMILES string of the molecule is C[C@@H]1Cc2nn3c(c2CN1C(=O)Nc1cc(Cl)c(F)cc1F)C(=O)N(C)O[C@H](COCC(F)F)C3.C[C@@H]1Cc2nn3c(c2CN1C(=O)Nc1ccc(F)c(C(F)(F)F)c1)C(=O)N(C)O[C@@H](COCC(F)F)C3.C[C@@H]1Cc2nn3c(c2CN1C(=O)Nc1ccc(F)c(C(F)(F)F)c1)C(=O)N(C)O[C@H](COCC(F)F)C3. The molecule has 6 aromatic rings. The maximum atomic E-state index is 14.1. The Balaban J connectivity index is 0.000000174. The zero-order valence-corrected chi connectivity index (χ0v) is 58.9. The van der Waals surface area contributed by atoms with Crippen LogP contribution in [0.4, 0.5) is 102 Å². The molecule has 12 rings (SSSR count). The van der Waals surface area contributed by atoms with Crippen molar-refractivity contribution in [1.82, 2.24) is 59.2 Å². The lowest BCUT2D eigenvalue weighted by atomic mass is 9.99. The number of benzene rings is 3. The number of fused-ring (bicyclic) bond motifs is 9. The first-order valence-corrected chi connectivity index (χ1v) is 33.4. The number of halogens is 17. The summed E-state index contributed by atoms with van der Waals surface area (Å²) < 4.78 is 227. The molecule has 9 heterocycles. The van der Waals surface area contributed by atoms with E-state index in [0.29, 0.717) is 70.5 Å². The van der Waals surface area contributed by atoms with Gasteiger partial charge in [-0.15, -0.1) is 0 Å². The first-order valence-electron chi connectivity index (χ1n) is 33.0. The van der Waals surface area contributed by atoms with E-state index in [1.807, 2.05) is 0 Å². The van der Waals surface area contributed by atoms with Gasteiger partial charge in [-0.1, -0.05) is 11.6 Å². The minimum absolute atomic E-state index is 0.0135. The van der Waals surface area contributed by atoms with Crippen molar-refractivity contribution in [3.05, 3.63) is 139 Å². The number of carbonyl (C=O) groups excluding carboxylic acids is 6. The molecule has 0 unspecified atom stereocenters. The third-order valence-electron chi connectivity index (χ3n) is 17.7. The minimum Gasteiger partial charge on any atom is -0.373 e. The molecule has 9 amide bonds. The number of carbonyl (C=O) groups is 6. The van der Waals surface area contributed by atoms with E-state index in [4.69, 9.17) is 40.3 Å². The Hall–Kier alpha value is -9.56. The van der Waals surface area contributed by atoms with E-state index in [9.17, 15) is 99.0 Å². The van der Waals surface area contributed by atoms with Crippen molar-refractivity contribution in [1.29, 1.82) is 0 Å². The van der Waals surface area contributed by atoms with Gasteiger partial charge in [0.05, 0.1) is 98.0 Å². The van der Waals surface area contributed by atoms with Crippen molar-refractivity contribution in [3.63, 3.8) is 0 Å². The summed E-state index contributed by atoms with van der Waals surface area (Å²) in [7, 11) is 4.08. The summed E-state index contributed by atoms with van der Waals surface area (Å²) in [6, 6.07) is 2.40. The van der Waals surface area contributed by atoms with Gasteiger partial charge in [-0.05, 0) is 63.2 Å². The largest absolute Gasteiger partial charge is 0.419 e. The number of ether oxygens (including phenoxy) is 3. The number of nitrogens with one attached hydrogen (secondary N) is 3. The Bertz CT molecular complexity index is 4200. The van der Waals surface area contributed by atoms with Gasteiger partial charge in [0, 0.05) is 92.7 Å². The smallest absolute Gasteiger partial charge is 0.373 e. The van der Waals surface area contributed by atoms with E-state index < -0.39 is 152 Å². The number of aromatic nitrogens is 6. The van der Waals surface area contributed by atoms with E-state index in [-0.39, 0.29) is 117 Å². The topological polar surface area (TPSA) is 267 Å². The minimum atomic E-state index is -4.94. The van der Waals surface area contributed by atoms with Crippen LogP contribution < -0.4 is 16.0 Å². The predicted molar refractivity (Wildman–Crippen MR) is 345 cm³/mol. The second kappa shape index (κ2) is 33.7. The Morgan fingerprint density at radius 2 is 0.798 bits per heavy atom. The third-order valence-corrected chi connectivity index (χ3v) is 18.0. The molecule has 3 aromatic heterocycles. The molecule has 27 nitrogen and oxygen atoms in total. The number of nitrogens with zero attached hydrogens (tertiary/aromatic N) is 12. The summed E-state index contributed by atoms with van der Waals surface area (Å²) in [5.41, 5.74) is -0.299. The molecular formula is C65H68ClF16N15O12. The van der Waals surface area contributed by atoms with E-state index in [2.05, 4.69) is 31.2 Å². The first kappa shape index (κ1) is 81.9. The fraction of sp³-hybridized carbons (Fsp3) is 0.492. The van der Waals surface area contributed by atoms with Crippen molar-refractivity contribution in [2.45, 2.75) is 147 Å². The Morgan fingerprint density at radius 1 is 0.486 bits per heavy atom. The molecule has 6 aliphatic rings. The molecule has 3 N–H and O–H groups in total. The van der Waals surface area contributed by atoms with Gasteiger partial charge in [-0.2, -0.15) is 41.6 Å². The second-order valence-electron chi connectivity index (χ2n) is 25.7. The molecule has 6 aliphatic heterocycles. The molecule has 0 fully saturated rings. The summed E-state index contributed by atoms with van der Waals surface area (Å²) in [5, 5.41) is 23.0. The van der Waals surface area contributed by atoms with E-state index in [1.165, 1.54) is 49.9 Å². The van der Waals surface area contributed by atoms with Crippen LogP contribution in [0, 0.1) is 23.3 Å². The highest BCUT2D eigenvalue weighted by Gasteiger charge is 2.43. The second-order valence-corrected chi connectivity index (χ2v) is 26.1. The number of anilines is 3. The molecule has 44 heteroatoms. The van der Waals surface area contributed by atoms with Crippen molar-refractivity contribution in [3.8, 4) is 0 Å². The summed E-state index contributed by atoms with van der Waals surface area (Å²) in [5.74, 6) is -6.55. The molecule has 109 heavy (non-hydrogen) atoms. The highest BCUT2D eigenvalue weighted by Crippen LogP contribution is 2.38. The molecular weight excluding hydrogens is 1520 g/mol. The van der Waals surface area contributed by atoms with Crippen LogP contribution in [-0.4, -0.2) is 212 Å². The van der Waals surface area contributed by atoms with Crippen molar-refractivity contribution < 1.29 is 128 Å². The van der Waals surface area contributed by atoms with Crippen LogP contribution in [0.3, 0.4) is 0 Å². The number of hydrogen-bond donors (Lipinski definition) is 3. The molecule has 6 atom stereocenters. The van der Waals surface area contributed by atoms with Gasteiger partial charge in [-0.3, -0.25) is 42.9 Å². The van der Waals surface area contributed by atoms with Crippen LogP contribution in [0.25, 0.3) is 0 Å². The Kier molecular flexibility index (Phi) is 25.4. The zero-order chi connectivity index (χ0) is 79.6. The van der Waals surface area contributed by atoms with Crippen molar-refractivity contribution in [2.24, 2.45) is 0 Å². The molecule has 594 valence electrons. The number of hydrogen-bond acceptors (Lipinski definition) is 15. The highest BCUT2D eigenvalue weighted by atomic mass is 35.5. The van der Waals surface area contributed by atoms with Crippen LogP contribution in [-0.2, 0) is 99.6 Å². The lowest BCUT2D eigenvalue weighted by Crippen LogP contribution is -2.45. The maximum Gasteiger partial charge on any atom is 0.419 e. The highest BCUT2D eigenvalue weighted by molar-refractivity contribution is 6.31. The van der Waals surface area contributed by atoms with Crippen LogP contribution in [0.1, 0.15) is 97.1 Å². The summed E-state index contributed by atoms with van der Waals surface area (Å²) in [6.45, 7) is 2.16. The quantitative estimate of drug-likeness (QED) is 0.0637. The van der Waals surface area contributed by atoms with Crippen LogP contribution in [0.2, 0.25) is 5.02 Å². The van der Waals surface area contributed by atoms with Gasteiger partial charge in [0.25, 0.3) is 37.0 Å². The summed E-state index contributed by atoms with van der Waals surface area (Å²) >= 11 is 5.70. The maximum absolute atomic E-state index is 14.1. The molecule has 0 radical (unpaired) electrons. The third kappa shape index (κ3) is 19.2. The number of hydroxylamine groups is 6. The summed E-state index contributed by atoms with van der Waals surface area (Å²) in [4.78, 5) is 98.5. The molecule has 0 saturated carbocycles. The summed E-state index contributed by atoms with van der Waals surface area (Å²) in [6.07, 6.45) is -19.4. The van der Waals surface area contributed by atoms with E-state index >= 15 is 0 Å². The van der Waals surface area contributed by atoms with Crippen LogP contribution >= 0.6 is 11.6 Å². The first-order chi connectivity index (χ1) is 51.2. The average Bonchev–Trinajstić information content (AvgIpc) is 1.63. The van der Waals surface area contributed by atoms with Gasteiger partial charge >= 0.3 is 30.4 Å². The van der Waals surface area contributed by atoms with Gasteiger partial charge in [0.1, 0.15) is 78.5 Å². The molecule has 3 aromatic carbocycles. The fourth-order valence-corrected chi connectivity index (χ4v) is 12.8. The predicted octanol–water partition coefficient (Wildman–Crippen LogP) is 10.8. The average molecular weight is 1590 g/mol. The molecule has 0 bridgehead atoms. The van der Waals surface area contributed by atoms with Gasteiger partial charge in [-0.25, -0.2) is 73.5 Å². The molecule has 0 aliphatic carbocycles. The van der Waals surface area contributed by atoms with E-state index in [0.717, 1.165) is 33.4 Å². The van der Waals surface area contributed by atoms with Gasteiger partial charge in [0.2, 0.25) is 0 Å². The Morgan fingerprint density at radius 3 is 1.10 bits per heavy atom. The number of rotatable bonds is 15. The van der Waals surface area contributed by atoms with Gasteiger partial charge < -0.3 is 44.9 Å². The number of alkyl halides is 12. The van der Waals surface area contributed by atoms with Crippen LogP contribution in [0.15, 0.2) is 48.5 Å². The lowest BCUT2D eigenvalue weighted by molar-refractivity contribution is -0.169. The van der Waals surface area contributed by atoms with Crippen molar-refractivity contribution >= 4 is 64.5 Å². The normalized spacial score (nSPS) is 20.1. The van der Waals surface area contributed by atoms with E-state index in [1.54, 1.807) is 20.8 Å². The Labute approximate surface area is 612 Å². The van der Waals surface area contributed by atoms with Crippen LogP contribution in [0.5, 0.6) is 0 Å². The zero-order valence-electron chi connectivity index (χ0n) is 58.1. The van der Waals surface area contributed by atoms with Gasteiger partial charge in [0.15, 0.2) is 0 Å². The number of amides is 9. The molecule has 0 spiro atoms. The monoisotopic (exact) mass is 1590 g/mol.